The van der Waals surface area contributed by atoms with E-state index in [1.54, 1.807) is 13.1 Å². The van der Waals surface area contributed by atoms with Crippen LogP contribution in [-0.2, 0) is 22.4 Å². The minimum absolute atomic E-state index is 0.0929. The van der Waals surface area contributed by atoms with E-state index in [-0.39, 0.29) is 18.4 Å². The van der Waals surface area contributed by atoms with Crippen molar-refractivity contribution in [2.24, 2.45) is 0 Å². The number of carboxylic acids is 1. The Bertz CT molecular complexity index is 2030. The Morgan fingerprint density at radius 2 is 1.61 bits per heavy atom. The Balaban J connectivity index is 1.34. The molecule has 0 bridgehead atoms. The first kappa shape index (κ1) is 26.1. The van der Waals surface area contributed by atoms with Crippen molar-refractivity contribution in [2.75, 3.05) is 0 Å². The van der Waals surface area contributed by atoms with Gasteiger partial charge < -0.3 is 24.2 Å². The number of fused-ring (bicyclic) bond motifs is 3. The van der Waals surface area contributed by atoms with Gasteiger partial charge in [0.2, 0.25) is 5.91 Å². The van der Waals surface area contributed by atoms with E-state index >= 15 is 0 Å². The zero-order valence-electron chi connectivity index (χ0n) is 22.8. The summed E-state index contributed by atoms with van der Waals surface area (Å²) < 4.78 is 11.9. The number of aliphatic carboxylic acids is 1. The van der Waals surface area contributed by atoms with Gasteiger partial charge in [-0.05, 0) is 49.6 Å². The van der Waals surface area contributed by atoms with Crippen LogP contribution in [0.25, 0.3) is 44.0 Å². The van der Waals surface area contributed by atoms with Crippen molar-refractivity contribution in [3.05, 3.63) is 105 Å². The molecule has 3 aromatic heterocycles. The van der Waals surface area contributed by atoms with Gasteiger partial charge in [0, 0.05) is 45.4 Å². The van der Waals surface area contributed by atoms with Crippen LogP contribution < -0.4 is 10.9 Å². The Labute approximate surface area is 234 Å². The highest BCUT2D eigenvalue weighted by Gasteiger charge is 2.25. The fourth-order valence-corrected chi connectivity index (χ4v) is 5.67. The number of aryl methyl sites for hydroxylation is 3. The highest BCUT2D eigenvalue weighted by atomic mass is 16.4. The number of amides is 1. The number of carboxylic acid groups (broad SMARTS) is 1. The number of para-hydroxylation sites is 1. The smallest absolute Gasteiger partial charge is 0.340 e. The number of nitrogens with one attached hydrogen (secondary N) is 2. The Kier molecular flexibility index (Phi) is 6.46. The molecule has 3 aromatic carbocycles. The summed E-state index contributed by atoms with van der Waals surface area (Å²) in [6, 6.07) is 18.2. The van der Waals surface area contributed by atoms with Gasteiger partial charge in [-0.25, -0.2) is 9.59 Å². The van der Waals surface area contributed by atoms with Gasteiger partial charge in [-0.1, -0.05) is 48.5 Å². The molecule has 8 nitrogen and oxygen atoms in total. The van der Waals surface area contributed by atoms with E-state index in [0.29, 0.717) is 27.7 Å². The van der Waals surface area contributed by atoms with Crippen LogP contribution in [-0.4, -0.2) is 28.0 Å². The van der Waals surface area contributed by atoms with Crippen LogP contribution in [0.15, 0.2) is 80.5 Å². The molecular weight excluding hydrogens is 520 g/mol. The average molecular weight is 549 g/mol. The molecule has 0 aliphatic heterocycles. The Morgan fingerprint density at radius 3 is 2.37 bits per heavy atom. The molecule has 0 radical (unpaired) electrons. The number of furan rings is 1. The van der Waals surface area contributed by atoms with Crippen LogP contribution in [0.5, 0.6) is 0 Å². The minimum atomic E-state index is -1.17. The van der Waals surface area contributed by atoms with E-state index in [1.165, 1.54) is 0 Å². The minimum Gasteiger partial charge on any atom is -0.480 e. The molecule has 3 heterocycles. The molecule has 0 aliphatic rings. The second kappa shape index (κ2) is 10.1. The van der Waals surface area contributed by atoms with E-state index < -0.39 is 23.5 Å². The molecule has 0 saturated heterocycles. The van der Waals surface area contributed by atoms with E-state index in [4.69, 9.17) is 8.83 Å². The third kappa shape index (κ3) is 4.57. The number of hydrogen-bond donors (Lipinski definition) is 3. The van der Waals surface area contributed by atoms with E-state index in [0.717, 1.165) is 38.7 Å². The molecule has 0 aliphatic carbocycles. The summed E-state index contributed by atoms with van der Waals surface area (Å²) in [5.41, 5.74) is 5.53. The zero-order valence-corrected chi connectivity index (χ0v) is 22.8. The summed E-state index contributed by atoms with van der Waals surface area (Å²) in [5.74, 6) is -0.985. The maximum absolute atomic E-state index is 13.1. The second-order valence-corrected chi connectivity index (χ2v) is 10.3. The number of rotatable bonds is 7. The van der Waals surface area contributed by atoms with Crippen molar-refractivity contribution >= 4 is 44.7 Å². The third-order valence-corrected chi connectivity index (χ3v) is 7.77. The fraction of sp³-hybridized carbons (Fsp3) is 0.182. The lowest BCUT2D eigenvalue weighted by Crippen LogP contribution is -2.43. The van der Waals surface area contributed by atoms with Gasteiger partial charge in [0.15, 0.2) is 0 Å². The molecule has 6 rings (SSSR count). The van der Waals surface area contributed by atoms with Gasteiger partial charge >= 0.3 is 11.6 Å². The number of aromatic amines is 1. The largest absolute Gasteiger partial charge is 0.480 e. The molecule has 1 amide bonds. The molecule has 206 valence electrons. The van der Waals surface area contributed by atoms with Gasteiger partial charge in [0.05, 0.1) is 12.0 Å². The summed E-state index contributed by atoms with van der Waals surface area (Å²) in [5, 5.41) is 14.9. The van der Waals surface area contributed by atoms with Crippen LogP contribution >= 0.6 is 0 Å². The van der Waals surface area contributed by atoms with Crippen LogP contribution in [0, 0.1) is 20.8 Å². The average Bonchev–Trinajstić information content (AvgIpc) is 3.52. The standard InChI is InChI=1S/C33H28N2O6/c1-17-23-14-25-29(20-9-5-4-6-10-20)19(3)40-31(25)18(2)30(23)41-33(39)24(17)15-28(36)35-27(32(37)38)13-21-16-34-26-12-8-7-11-22(21)26/h4-12,14,16,27,34H,13,15H2,1-3H3,(H,35,36)(H,37,38)/t27-/m0/s1. The first-order valence-corrected chi connectivity index (χ1v) is 13.3. The van der Waals surface area contributed by atoms with Gasteiger partial charge in [0.1, 0.15) is 23.0 Å². The highest BCUT2D eigenvalue weighted by Crippen LogP contribution is 2.39. The van der Waals surface area contributed by atoms with Crippen LogP contribution in [0.3, 0.4) is 0 Å². The van der Waals surface area contributed by atoms with Gasteiger partial charge in [-0.3, -0.25) is 4.79 Å². The quantitative estimate of drug-likeness (QED) is 0.211. The number of hydrogen-bond acceptors (Lipinski definition) is 5. The lowest BCUT2D eigenvalue weighted by atomic mass is 9.96. The lowest BCUT2D eigenvalue weighted by Gasteiger charge is -2.15. The highest BCUT2D eigenvalue weighted by molar-refractivity contribution is 6.06. The van der Waals surface area contributed by atoms with Crippen molar-refractivity contribution < 1.29 is 23.5 Å². The predicted octanol–water partition coefficient (Wildman–Crippen LogP) is 5.97. The van der Waals surface area contributed by atoms with Crippen molar-refractivity contribution in [3.63, 3.8) is 0 Å². The van der Waals surface area contributed by atoms with E-state index in [2.05, 4.69) is 10.3 Å². The molecule has 0 unspecified atom stereocenters. The number of carbonyl (C=O) groups is 2. The first-order chi connectivity index (χ1) is 19.7. The molecule has 3 N–H and O–H groups in total. The number of benzene rings is 3. The molecule has 0 saturated carbocycles. The summed E-state index contributed by atoms with van der Waals surface area (Å²) in [6.07, 6.45) is 1.53. The number of aromatic nitrogens is 1. The maximum Gasteiger partial charge on any atom is 0.340 e. The number of H-pyrrole nitrogens is 1. The second-order valence-electron chi connectivity index (χ2n) is 10.3. The molecule has 0 fully saturated rings. The molecular formula is C33H28N2O6. The summed E-state index contributed by atoms with van der Waals surface area (Å²) in [7, 11) is 0. The monoisotopic (exact) mass is 548 g/mol. The van der Waals surface area contributed by atoms with Crippen molar-refractivity contribution in [3.8, 4) is 11.1 Å². The van der Waals surface area contributed by atoms with E-state index in [1.807, 2.05) is 74.5 Å². The molecule has 6 aromatic rings. The van der Waals surface area contributed by atoms with Crippen molar-refractivity contribution in [2.45, 2.75) is 39.7 Å². The number of carbonyl (C=O) groups excluding carboxylic acids is 1. The first-order valence-electron chi connectivity index (χ1n) is 13.3. The van der Waals surface area contributed by atoms with Crippen LogP contribution in [0.2, 0.25) is 0 Å². The van der Waals surface area contributed by atoms with Gasteiger partial charge in [0.25, 0.3) is 0 Å². The van der Waals surface area contributed by atoms with Crippen molar-refractivity contribution in [1.82, 2.24) is 10.3 Å². The normalized spacial score (nSPS) is 12.3. The lowest BCUT2D eigenvalue weighted by molar-refractivity contribution is -0.141. The molecule has 8 heteroatoms. The Hall–Kier alpha value is -5.11. The zero-order chi connectivity index (χ0) is 28.8. The summed E-state index contributed by atoms with van der Waals surface area (Å²) in [6.45, 7) is 5.53. The SMILES string of the molecule is Cc1oc2c(C)c3oc(=O)c(CC(=O)N[C@@H](Cc4c[nH]c5ccccc45)C(=O)O)c(C)c3cc2c1-c1ccccc1. The van der Waals surface area contributed by atoms with Crippen LogP contribution in [0.4, 0.5) is 0 Å². The maximum atomic E-state index is 13.1. The Morgan fingerprint density at radius 1 is 0.902 bits per heavy atom. The van der Waals surface area contributed by atoms with Gasteiger partial charge in [-0.2, -0.15) is 0 Å². The summed E-state index contributed by atoms with van der Waals surface area (Å²) >= 11 is 0. The van der Waals surface area contributed by atoms with E-state index in [9.17, 15) is 19.5 Å². The van der Waals surface area contributed by atoms with Crippen molar-refractivity contribution in [1.29, 1.82) is 0 Å². The summed E-state index contributed by atoms with van der Waals surface area (Å²) in [4.78, 5) is 41.4. The van der Waals surface area contributed by atoms with Crippen LogP contribution in [0.1, 0.15) is 28.0 Å². The fourth-order valence-electron chi connectivity index (χ4n) is 5.67. The third-order valence-electron chi connectivity index (χ3n) is 7.77. The predicted molar refractivity (Wildman–Crippen MR) is 157 cm³/mol. The topological polar surface area (TPSA) is 126 Å². The van der Waals surface area contributed by atoms with Gasteiger partial charge in [-0.15, -0.1) is 0 Å². The molecule has 0 spiro atoms. The molecule has 41 heavy (non-hydrogen) atoms. The molecule has 1 atom stereocenters.